The van der Waals surface area contributed by atoms with E-state index in [0.717, 1.165) is 53.8 Å². The maximum absolute atomic E-state index is 14.0. The van der Waals surface area contributed by atoms with Crippen LogP contribution in [0.3, 0.4) is 0 Å². The highest BCUT2D eigenvalue weighted by atomic mass is 19.1. The van der Waals surface area contributed by atoms with E-state index >= 15 is 0 Å². The quantitative estimate of drug-likeness (QED) is 0.665. The van der Waals surface area contributed by atoms with Crippen LogP contribution in [0.5, 0.6) is 0 Å². The van der Waals surface area contributed by atoms with Gasteiger partial charge in [-0.3, -0.25) is 4.79 Å². The molecule has 0 radical (unpaired) electrons. The zero-order valence-corrected chi connectivity index (χ0v) is 17.5. The van der Waals surface area contributed by atoms with E-state index in [4.69, 9.17) is 10.7 Å². The Hall–Kier alpha value is -2.73. The number of hydrogen-bond donors (Lipinski definition) is 1. The number of benzene rings is 2. The number of rotatable bonds is 6. The molecule has 1 aliphatic heterocycles. The van der Waals surface area contributed by atoms with Crippen LogP contribution in [0.1, 0.15) is 50.1 Å². The third-order valence-electron chi connectivity index (χ3n) is 6.53. The molecule has 1 fully saturated rings. The molecule has 5 rings (SSSR count). The third kappa shape index (κ3) is 2.93. The van der Waals surface area contributed by atoms with Crippen LogP contribution < -0.4 is 10.6 Å². The van der Waals surface area contributed by atoms with Crippen molar-refractivity contribution in [3.8, 4) is 0 Å². The molecule has 5 nitrogen and oxygen atoms in total. The van der Waals surface area contributed by atoms with Crippen LogP contribution in [0.15, 0.2) is 36.4 Å². The van der Waals surface area contributed by atoms with Gasteiger partial charge < -0.3 is 15.2 Å². The van der Waals surface area contributed by atoms with Crippen LogP contribution in [0.25, 0.3) is 11.0 Å². The highest BCUT2D eigenvalue weighted by molar-refractivity contribution is 6.10. The number of carbonyl (C=O) groups is 1. The van der Waals surface area contributed by atoms with Gasteiger partial charge in [0, 0.05) is 13.1 Å². The smallest absolute Gasteiger partial charge is 0.238 e. The molecule has 3 aromatic rings. The average Bonchev–Trinajstić information content (AvgIpc) is 3.41. The summed E-state index contributed by atoms with van der Waals surface area (Å²) in [6, 6.07) is 10.9. The van der Waals surface area contributed by atoms with Crippen molar-refractivity contribution in [2.45, 2.75) is 58.2 Å². The van der Waals surface area contributed by atoms with Crippen LogP contribution in [0.4, 0.5) is 10.1 Å². The summed E-state index contributed by atoms with van der Waals surface area (Å²) in [7, 11) is 0. The Labute approximate surface area is 175 Å². The lowest BCUT2D eigenvalue weighted by molar-refractivity contribution is -0.120. The number of aryl methyl sites for hydroxylation is 1. The first-order valence-corrected chi connectivity index (χ1v) is 10.7. The minimum atomic E-state index is -0.440. The molecule has 2 N–H and O–H groups in total. The second kappa shape index (κ2) is 6.91. The SMILES string of the molecule is CC(C)CCn1c(CN2C(=O)C3(CC3)c3ccc(F)cc32)nc2cc(CN)ccc21. The standard InChI is InChI=1S/C24H27FN4O/c1-15(2)7-10-28-20-6-3-16(13-26)11-19(20)27-22(28)14-29-21-12-17(25)4-5-18(21)24(8-9-24)23(29)30/h3-6,11-12,15H,7-10,13-14,26H2,1-2H3. The molecule has 30 heavy (non-hydrogen) atoms. The monoisotopic (exact) mass is 406 g/mol. The molecule has 2 aliphatic rings. The first kappa shape index (κ1) is 19.2. The Bertz CT molecular complexity index is 1150. The molecule has 0 unspecified atom stereocenters. The summed E-state index contributed by atoms with van der Waals surface area (Å²) < 4.78 is 16.3. The Morgan fingerprint density at radius 2 is 2.00 bits per heavy atom. The molecule has 1 spiro atoms. The van der Waals surface area contributed by atoms with E-state index < -0.39 is 5.41 Å². The Kier molecular flexibility index (Phi) is 4.43. The van der Waals surface area contributed by atoms with Gasteiger partial charge in [0.05, 0.1) is 28.7 Å². The van der Waals surface area contributed by atoms with Gasteiger partial charge in [0.25, 0.3) is 0 Å². The summed E-state index contributed by atoms with van der Waals surface area (Å²) in [4.78, 5) is 19.9. The van der Waals surface area contributed by atoms with Crippen molar-refractivity contribution in [3.63, 3.8) is 0 Å². The maximum atomic E-state index is 14.0. The summed E-state index contributed by atoms with van der Waals surface area (Å²) >= 11 is 0. The maximum Gasteiger partial charge on any atom is 0.238 e. The minimum absolute atomic E-state index is 0.0770. The summed E-state index contributed by atoms with van der Waals surface area (Å²) in [5, 5.41) is 0. The van der Waals surface area contributed by atoms with Gasteiger partial charge in [-0.05, 0) is 60.6 Å². The molecule has 0 saturated heterocycles. The zero-order valence-electron chi connectivity index (χ0n) is 17.5. The van der Waals surface area contributed by atoms with Crippen molar-refractivity contribution in [1.29, 1.82) is 0 Å². The van der Waals surface area contributed by atoms with E-state index in [2.05, 4.69) is 24.5 Å². The number of anilines is 1. The van der Waals surface area contributed by atoms with Crippen molar-refractivity contribution in [2.75, 3.05) is 4.90 Å². The van der Waals surface area contributed by atoms with E-state index in [1.54, 1.807) is 11.0 Å². The van der Waals surface area contributed by atoms with E-state index in [9.17, 15) is 9.18 Å². The molecule has 156 valence electrons. The molecule has 1 amide bonds. The van der Waals surface area contributed by atoms with Gasteiger partial charge >= 0.3 is 0 Å². The number of amides is 1. The van der Waals surface area contributed by atoms with Crippen molar-refractivity contribution in [3.05, 3.63) is 59.2 Å². The van der Waals surface area contributed by atoms with E-state index in [1.165, 1.54) is 12.1 Å². The molecular weight excluding hydrogens is 379 g/mol. The third-order valence-corrected chi connectivity index (χ3v) is 6.53. The van der Waals surface area contributed by atoms with Gasteiger partial charge in [0.1, 0.15) is 11.6 Å². The predicted octanol–water partition coefficient (Wildman–Crippen LogP) is 4.26. The first-order chi connectivity index (χ1) is 14.4. The van der Waals surface area contributed by atoms with Crippen LogP contribution in [-0.2, 0) is 29.8 Å². The lowest BCUT2D eigenvalue weighted by Gasteiger charge is -2.19. The van der Waals surface area contributed by atoms with Gasteiger partial charge in [-0.25, -0.2) is 9.37 Å². The predicted molar refractivity (Wildman–Crippen MR) is 116 cm³/mol. The highest BCUT2D eigenvalue weighted by Crippen LogP contribution is 2.57. The van der Waals surface area contributed by atoms with Gasteiger partial charge in [-0.1, -0.05) is 26.0 Å². The highest BCUT2D eigenvalue weighted by Gasteiger charge is 2.59. The number of halogens is 1. The van der Waals surface area contributed by atoms with Gasteiger partial charge in [0.15, 0.2) is 0 Å². The number of imidazole rings is 1. The van der Waals surface area contributed by atoms with E-state index in [0.29, 0.717) is 24.7 Å². The Morgan fingerprint density at radius 3 is 2.70 bits per heavy atom. The lowest BCUT2D eigenvalue weighted by atomic mass is 9.98. The Balaban J connectivity index is 1.57. The van der Waals surface area contributed by atoms with Crippen molar-refractivity contribution < 1.29 is 9.18 Å². The lowest BCUT2D eigenvalue weighted by Crippen LogP contribution is -2.32. The molecule has 6 heteroatoms. The summed E-state index contributed by atoms with van der Waals surface area (Å²) in [6.07, 6.45) is 2.69. The Morgan fingerprint density at radius 1 is 1.20 bits per heavy atom. The fraction of sp³-hybridized carbons (Fsp3) is 0.417. The second-order valence-electron chi connectivity index (χ2n) is 9.02. The number of nitrogens with two attached hydrogens (primary N) is 1. The fourth-order valence-corrected chi connectivity index (χ4v) is 4.63. The number of hydrogen-bond acceptors (Lipinski definition) is 3. The number of nitrogens with zero attached hydrogens (tertiary/aromatic N) is 3. The normalized spacial score (nSPS) is 16.8. The topological polar surface area (TPSA) is 64.2 Å². The van der Waals surface area contributed by atoms with Crippen molar-refractivity contribution in [2.24, 2.45) is 11.7 Å². The molecule has 2 aromatic carbocycles. The molecule has 0 bridgehead atoms. The van der Waals surface area contributed by atoms with Crippen LogP contribution in [0.2, 0.25) is 0 Å². The fourth-order valence-electron chi connectivity index (χ4n) is 4.63. The van der Waals surface area contributed by atoms with Gasteiger partial charge in [0.2, 0.25) is 5.91 Å². The van der Waals surface area contributed by atoms with Gasteiger partial charge in [-0.2, -0.15) is 0 Å². The van der Waals surface area contributed by atoms with Gasteiger partial charge in [-0.15, -0.1) is 0 Å². The molecule has 1 aliphatic carbocycles. The number of aromatic nitrogens is 2. The largest absolute Gasteiger partial charge is 0.326 e. The minimum Gasteiger partial charge on any atom is -0.326 e. The molecule has 2 heterocycles. The average molecular weight is 407 g/mol. The first-order valence-electron chi connectivity index (χ1n) is 10.7. The molecule has 1 saturated carbocycles. The van der Waals surface area contributed by atoms with E-state index in [1.807, 2.05) is 12.1 Å². The van der Waals surface area contributed by atoms with Crippen LogP contribution >= 0.6 is 0 Å². The van der Waals surface area contributed by atoms with Crippen molar-refractivity contribution in [1.82, 2.24) is 9.55 Å². The summed E-state index contributed by atoms with van der Waals surface area (Å²) in [6.45, 7) is 6.04. The van der Waals surface area contributed by atoms with Crippen LogP contribution in [0, 0.1) is 11.7 Å². The number of carbonyl (C=O) groups excluding carboxylic acids is 1. The zero-order chi connectivity index (χ0) is 21.0. The molecule has 0 atom stereocenters. The van der Waals surface area contributed by atoms with E-state index in [-0.39, 0.29) is 11.7 Å². The summed E-state index contributed by atoms with van der Waals surface area (Å²) in [5.41, 5.74) is 10.0. The molecular formula is C24H27FN4O. The van der Waals surface area contributed by atoms with Crippen LogP contribution in [-0.4, -0.2) is 15.5 Å². The summed E-state index contributed by atoms with van der Waals surface area (Å²) in [5.74, 6) is 1.15. The molecule has 1 aromatic heterocycles. The number of fused-ring (bicyclic) bond motifs is 3. The second-order valence-corrected chi connectivity index (χ2v) is 9.02. The van der Waals surface area contributed by atoms with Crippen molar-refractivity contribution >= 4 is 22.6 Å².